The van der Waals surface area contributed by atoms with Gasteiger partial charge in [-0.15, -0.1) is 0 Å². The summed E-state index contributed by atoms with van der Waals surface area (Å²) in [7, 11) is 0. The van der Waals surface area contributed by atoms with Crippen LogP contribution in [0, 0.1) is 0 Å². The van der Waals surface area contributed by atoms with Gasteiger partial charge in [0.2, 0.25) is 0 Å². The lowest BCUT2D eigenvalue weighted by molar-refractivity contribution is 0.869. The third kappa shape index (κ3) is 3.36. The summed E-state index contributed by atoms with van der Waals surface area (Å²) in [4.78, 5) is 0. The zero-order valence-electron chi connectivity index (χ0n) is 26.6. The summed E-state index contributed by atoms with van der Waals surface area (Å²) in [5.41, 5.74) is 10.3. The molecule has 2 heteroatoms. The van der Waals surface area contributed by atoms with Gasteiger partial charge in [0, 0.05) is 38.0 Å². The number of rotatable bonds is 3. The molecular weight excluding hydrogens is 556 g/mol. The summed E-state index contributed by atoms with van der Waals surface area (Å²) in [5, 5.41) is 13.1. The first-order valence-corrected chi connectivity index (χ1v) is 16.6. The van der Waals surface area contributed by atoms with Crippen LogP contribution < -0.4 is 0 Å². The van der Waals surface area contributed by atoms with Crippen LogP contribution in [-0.2, 0) is 0 Å². The number of hydrogen-bond donors (Lipinski definition) is 0. The fourth-order valence-electron chi connectivity index (χ4n) is 8.14. The molecule has 10 aromatic rings. The molecule has 0 radical (unpaired) electrons. The molecule has 0 N–H and O–H groups in total. The molecule has 0 atom stereocenters. The molecule has 10 rings (SSSR count). The number of nitrogens with zero attached hydrogens (tertiary/aromatic N) is 2. The van der Waals surface area contributed by atoms with Crippen molar-refractivity contribution in [2.24, 2.45) is 0 Å². The summed E-state index contributed by atoms with van der Waals surface area (Å²) in [6, 6.07) is 46.1. The Hall–Kier alpha value is -5.34. The molecule has 0 bridgehead atoms. The van der Waals surface area contributed by atoms with Crippen LogP contribution in [0.1, 0.15) is 50.7 Å². The summed E-state index contributed by atoms with van der Waals surface area (Å²) < 4.78 is 5.06. The normalized spacial score (nSPS) is 12.7. The van der Waals surface area contributed by atoms with E-state index in [0.717, 1.165) is 0 Å². The van der Waals surface area contributed by atoms with Gasteiger partial charge >= 0.3 is 0 Å². The molecular formula is C44H34N2. The van der Waals surface area contributed by atoms with E-state index >= 15 is 0 Å². The molecule has 0 spiro atoms. The maximum absolute atomic E-state index is 2.56. The van der Waals surface area contributed by atoms with E-state index in [2.05, 4.69) is 158 Å². The molecule has 0 saturated carbocycles. The third-order valence-electron chi connectivity index (χ3n) is 10.5. The van der Waals surface area contributed by atoms with Gasteiger partial charge in [0.1, 0.15) is 0 Å². The maximum Gasteiger partial charge on any atom is 0.0642 e. The number of hydrogen-bond acceptors (Lipinski definition) is 0. The van der Waals surface area contributed by atoms with E-state index in [1.165, 1.54) is 98.3 Å². The molecule has 0 unspecified atom stereocenters. The molecule has 0 fully saturated rings. The first-order valence-electron chi connectivity index (χ1n) is 16.6. The highest BCUT2D eigenvalue weighted by Crippen LogP contribution is 2.48. The van der Waals surface area contributed by atoms with Crippen molar-refractivity contribution in [3.8, 4) is 5.69 Å². The van der Waals surface area contributed by atoms with Gasteiger partial charge in [-0.1, -0.05) is 100 Å². The molecule has 0 aliphatic heterocycles. The smallest absolute Gasteiger partial charge is 0.0642 e. The SMILES string of the molecule is CC(C)c1ccc2cc3c(cc2c1)c1cc2c4ccccc4n(-c4ccccc4)c2c2c4cc5cc(C(C)C)ccc5cc4n3c12. The zero-order valence-corrected chi connectivity index (χ0v) is 26.6. The Morgan fingerprint density at radius 3 is 1.67 bits per heavy atom. The van der Waals surface area contributed by atoms with Crippen LogP contribution in [0.5, 0.6) is 0 Å². The van der Waals surface area contributed by atoms with Crippen molar-refractivity contribution >= 4 is 81.4 Å². The van der Waals surface area contributed by atoms with Gasteiger partial charge in [0.25, 0.3) is 0 Å². The molecule has 2 nitrogen and oxygen atoms in total. The average molecular weight is 591 g/mol. The Morgan fingerprint density at radius 2 is 1.00 bits per heavy atom. The topological polar surface area (TPSA) is 9.34 Å². The third-order valence-corrected chi connectivity index (χ3v) is 10.5. The standard InChI is InChI=1S/C44H34N2/c1-25(2)27-14-16-29-22-40-35(20-31(29)18-27)37-24-36-34-12-8-9-13-39(34)45(33-10-6-5-7-11-33)43(36)42-38-21-32-19-28(26(3)4)15-17-30(32)23-41(38)46(40)44(37)42/h5-26H,1-4H3. The molecule has 3 aromatic heterocycles. The largest absolute Gasteiger partial charge is 0.309 e. The minimum atomic E-state index is 0.482. The minimum absolute atomic E-state index is 0.482. The first kappa shape index (κ1) is 25.9. The molecule has 0 aliphatic rings. The highest BCUT2D eigenvalue weighted by Gasteiger charge is 2.25. The maximum atomic E-state index is 2.56. The van der Waals surface area contributed by atoms with E-state index in [-0.39, 0.29) is 0 Å². The van der Waals surface area contributed by atoms with Gasteiger partial charge in [0.15, 0.2) is 0 Å². The van der Waals surface area contributed by atoms with E-state index in [9.17, 15) is 0 Å². The van der Waals surface area contributed by atoms with Gasteiger partial charge in [-0.05, 0) is 93.0 Å². The Bertz CT molecular complexity index is 2840. The van der Waals surface area contributed by atoms with Crippen molar-refractivity contribution in [3.63, 3.8) is 0 Å². The van der Waals surface area contributed by atoms with E-state index in [4.69, 9.17) is 0 Å². The predicted molar refractivity (Wildman–Crippen MR) is 199 cm³/mol. The molecule has 0 amide bonds. The van der Waals surface area contributed by atoms with Crippen molar-refractivity contribution in [3.05, 3.63) is 132 Å². The molecule has 46 heavy (non-hydrogen) atoms. The highest BCUT2D eigenvalue weighted by atomic mass is 15.0. The van der Waals surface area contributed by atoms with Gasteiger partial charge in [-0.3, -0.25) is 0 Å². The van der Waals surface area contributed by atoms with Gasteiger partial charge in [-0.2, -0.15) is 0 Å². The second-order valence-electron chi connectivity index (χ2n) is 13.8. The summed E-state index contributed by atoms with van der Waals surface area (Å²) in [6.07, 6.45) is 0. The quantitative estimate of drug-likeness (QED) is 0.194. The summed E-state index contributed by atoms with van der Waals surface area (Å²) >= 11 is 0. The Morgan fingerprint density at radius 1 is 0.413 bits per heavy atom. The molecule has 0 saturated heterocycles. The predicted octanol–water partition coefficient (Wildman–Crippen LogP) is 12.5. The van der Waals surface area contributed by atoms with Crippen LogP contribution in [-0.4, -0.2) is 8.97 Å². The van der Waals surface area contributed by atoms with E-state index < -0.39 is 0 Å². The van der Waals surface area contributed by atoms with Crippen LogP contribution in [0.3, 0.4) is 0 Å². The molecule has 7 aromatic carbocycles. The Labute approximate surface area is 267 Å². The molecule has 220 valence electrons. The van der Waals surface area contributed by atoms with Gasteiger partial charge in [-0.25, -0.2) is 0 Å². The van der Waals surface area contributed by atoms with E-state index in [0.29, 0.717) is 11.8 Å². The molecule has 3 heterocycles. The lowest BCUT2D eigenvalue weighted by Gasteiger charge is -2.10. The second-order valence-corrected chi connectivity index (χ2v) is 13.8. The Balaban J connectivity index is 1.49. The monoisotopic (exact) mass is 590 g/mol. The number of para-hydroxylation sites is 2. The fourth-order valence-corrected chi connectivity index (χ4v) is 8.14. The van der Waals surface area contributed by atoms with Crippen LogP contribution in [0.4, 0.5) is 0 Å². The van der Waals surface area contributed by atoms with Crippen LogP contribution in [0.15, 0.2) is 121 Å². The van der Waals surface area contributed by atoms with Crippen molar-refractivity contribution < 1.29 is 0 Å². The van der Waals surface area contributed by atoms with Crippen molar-refractivity contribution in [1.29, 1.82) is 0 Å². The second kappa shape index (κ2) is 9.11. The number of aromatic nitrogens is 2. The number of fused-ring (bicyclic) bond motifs is 12. The first-order chi connectivity index (χ1) is 22.5. The van der Waals surface area contributed by atoms with Gasteiger partial charge < -0.3 is 8.97 Å². The van der Waals surface area contributed by atoms with Crippen LogP contribution in [0.25, 0.3) is 87.1 Å². The summed E-state index contributed by atoms with van der Waals surface area (Å²) in [6.45, 7) is 9.12. The van der Waals surface area contributed by atoms with Crippen LogP contribution in [0.2, 0.25) is 0 Å². The van der Waals surface area contributed by atoms with E-state index in [1.807, 2.05) is 0 Å². The minimum Gasteiger partial charge on any atom is -0.309 e. The average Bonchev–Trinajstić information content (AvgIpc) is 3.69. The van der Waals surface area contributed by atoms with Crippen LogP contribution >= 0.6 is 0 Å². The Kier molecular flexibility index (Phi) is 5.14. The highest BCUT2D eigenvalue weighted by molar-refractivity contribution is 6.35. The van der Waals surface area contributed by atoms with E-state index in [1.54, 1.807) is 0 Å². The van der Waals surface area contributed by atoms with Crippen molar-refractivity contribution in [1.82, 2.24) is 8.97 Å². The van der Waals surface area contributed by atoms with Crippen molar-refractivity contribution in [2.75, 3.05) is 0 Å². The van der Waals surface area contributed by atoms with Gasteiger partial charge in [0.05, 0.1) is 27.6 Å². The lowest BCUT2D eigenvalue weighted by atomic mass is 9.96. The lowest BCUT2D eigenvalue weighted by Crippen LogP contribution is -1.93. The number of benzene rings is 7. The summed E-state index contributed by atoms with van der Waals surface area (Å²) in [5.74, 6) is 0.975. The molecule has 0 aliphatic carbocycles. The zero-order chi connectivity index (χ0) is 30.8. The fraction of sp³-hybridized carbons (Fsp3) is 0.136. The van der Waals surface area contributed by atoms with Crippen molar-refractivity contribution in [2.45, 2.75) is 39.5 Å².